The van der Waals surface area contributed by atoms with Gasteiger partial charge in [0.1, 0.15) is 11.5 Å². The van der Waals surface area contributed by atoms with Crippen molar-refractivity contribution in [3.63, 3.8) is 0 Å². The Morgan fingerprint density at radius 1 is 1.07 bits per heavy atom. The van der Waals surface area contributed by atoms with Crippen LogP contribution in [0.4, 0.5) is 0 Å². The molecule has 0 spiro atoms. The largest absolute Gasteiger partial charge is 0.464 e. The van der Waals surface area contributed by atoms with Crippen molar-refractivity contribution < 1.29 is 9.21 Å². The van der Waals surface area contributed by atoms with Crippen molar-refractivity contribution in [1.82, 2.24) is 9.80 Å². The normalized spacial score (nSPS) is 13.6. The average Bonchev–Trinajstić information content (AvgIpc) is 3.03. The Balaban J connectivity index is 0.00000261. The molecular weight excluding hydrogens is 360 g/mol. The van der Waals surface area contributed by atoms with Crippen LogP contribution in [0.5, 0.6) is 0 Å². The Bertz CT molecular complexity index is 712. The van der Waals surface area contributed by atoms with E-state index in [1.54, 1.807) is 0 Å². The van der Waals surface area contributed by atoms with E-state index < -0.39 is 0 Å². The highest BCUT2D eigenvalue weighted by Crippen LogP contribution is 2.24. The molecule has 3 rings (SSSR count). The van der Waals surface area contributed by atoms with Crippen molar-refractivity contribution in [1.29, 1.82) is 0 Å². The Labute approximate surface area is 168 Å². The SMILES string of the molecule is CN(C)Cc1cc2c(o1)CCN(CCCCCCc1ccccc1)C2=O.Cl. The molecule has 27 heavy (non-hydrogen) atoms. The summed E-state index contributed by atoms with van der Waals surface area (Å²) in [7, 11) is 4.01. The van der Waals surface area contributed by atoms with E-state index in [2.05, 4.69) is 35.2 Å². The first-order valence-corrected chi connectivity index (χ1v) is 9.73. The predicted molar refractivity (Wildman–Crippen MR) is 112 cm³/mol. The van der Waals surface area contributed by atoms with E-state index in [9.17, 15) is 4.79 Å². The molecule has 1 aliphatic heterocycles. The van der Waals surface area contributed by atoms with Gasteiger partial charge in [-0.25, -0.2) is 0 Å². The maximum atomic E-state index is 12.7. The molecule has 0 unspecified atom stereocenters. The van der Waals surface area contributed by atoms with E-state index in [1.165, 1.54) is 24.8 Å². The van der Waals surface area contributed by atoms with Crippen molar-refractivity contribution in [3.05, 3.63) is 59.0 Å². The number of furan rings is 1. The van der Waals surface area contributed by atoms with Crippen molar-refractivity contribution in [3.8, 4) is 0 Å². The number of benzene rings is 1. The summed E-state index contributed by atoms with van der Waals surface area (Å²) in [5, 5.41) is 0. The Hall–Kier alpha value is -1.78. The third-order valence-electron chi connectivity index (χ3n) is 4.94. The van der Waals surface area contributed by atoms with E-state index in [0.29, 0.717) is 0 Å². The van der Waals surface area contributed by atoms with Crippen molar-refractivity contribution in [2.75, 3.05) is 27.2 Å². The summed E-state index contributed by atoms with van der Waals surface area (Å²) in [6, 6.07) is 12.6. The summed E-state index contributed by atoms with van der Waals surface area (Å²) < 4.78 is 5.85. The number of carbonyl (C=O) groups excluding carboxylic acids is 1. The van der Waals surface area contributed by atoms with Gasteiger partial charge in [0.15, 0.2) is 0 Å². The van der Waals surface area contributed by atoms with Gasteiger partial charge in [0.2, 0.25) is 0 Å². The zero-order valence-electron chi connectivity index (χ0n) is 16.4. The fraction of sp³-hybridized carbons (Fsp3) is 0.500. The topological polar surface area (TPSA) is 36.7 Å². The number of hydrogen-bond acceptors (Lipinski definition) is 3. The van der Waals surface area contributed by atoms with E-state index in [1.807, 2.05) is 25.1 Å². The van der Waals surface area contributed by atoms with E-state index in [0.717, 1.165) is 56.0 Å². The standard InChI is InChI=1S/C22H30N2O2.ClH/c1-23(2)17-19-16-20-21(26-19)13-15-24(22(20)25)14-9-4-3-6-10-18-11-7-5-8-12-18;/h5,7-8,11-12,16H,3-4,6,9-10,13-15,17H2,1-2H3;1H. The predicted octanol–water partition coefficient (Wildman–Crippen LogP) is 4.56. The maximum Gasteiger partial charge on any atom is 0.257 e. The lowest BCUT2D eigenvalue weighted by atomic mass is 10.0. The second-order valence-corrected chi connectivity index (χ2v) is 7.48. The van der Waals surface area contributed by atoms with Crippen LogP contribution in [0.2, 0.25) is 0 Å². The van der Waals surface area contributed by atoms with E-state index in [4.69, 9.17) is 4.42 Å². The monoisotopic (exact) mass is 390 g/mol. The highest BCUT2D eigenvalue weighted by atomic mass is 35.5. The summed E-state index contributed by atoms with van der Waals surface area (Å²) in [5.74, 6) is 1.89. The molecule has 2 aromatic rings. The number of carbonyl (C=O) groups is 1. The van der Waals surface area contributed by atoms with Gasteiger partial charge in [-0.15, -0.1) is 12.4 Å². The van der Waals surface area contributed by atoms with Crippen LogP contribution >= 0.6 is 12.4 Å². The summed E-state index contributed by atoms with van der Waals surface area (Å²) >= 11 is 0. The number of aryl methyl sites for hydroxylation is 1. The minimum absolute atomic E-state index is 0. The van der Waals surface area contributed by atoms with Gasteiger partial charge in [0.25, 0.3) is 5.91 Å². The lowest BCUT2D eigenvalue weighted by Gasteiger charge is -2.26. The first kappa shape index (κ1) is 21.5. The van der Waals surface area contributed by atoms with Crippen LogP contribution in [0.15, 0.2) is 40.8 Å². The second kappa shape index (κ2) is 10.5. The first-order valence-electron chi connectivity index (χ1n) is 9.73. The molecule has 2 heterocycles. The van der Waals surface area contributed by atoms with E-state index in [-0.39, 0.29) is 18.3 Å². The van der Waals surface area contributed by atoms with Crippen LogP contribution in [-0.4, -0.2) is 42.9 Å². The van der Waals surface area contributed by atoms with Gasteiger partial charge in [-0.05, 0) is 45.0 Å². The zero-order chi connectivity index (χ0) is 18.4. The molecule has 1 aromatic carbocycles. The molecule has 0 N–H and O–H groups in total. The number of nitrogens with zero attached hydrogens (tertiary/aromatic N) is 2. The molecule has 4 nitrogen and oxygen atoms in total. The van der Waals surface area contributed by atoms with Crippen LogP contribution in [0.3, 0.4) is 0 Å². The smallest absolute Gasteiger partial charge is 0.257 e. The summed E-state index contributed by atoms with van der Waals surface area (Å²) in [6.45, 7) is 2.38. The van der Waals surface area contributed by atoms with Gasteiger partial charge in [-0.1, -0.05) is 43.2 Å². The van der Waals surface area contributed by atoms with Gasteiger partial charge in [-0.2, -0.15) is 0 Å². The molecule has 0 fully saturated rings. The van der Waals surface area contributed by atoms with Gasteiger partial charge >= 0.3 is 0 Å². The Morgan fingerprint density at radius 2 is 1.81 bits per heavy atom. The molecule has 0 atom stereocenters. The number of fused-ring (bicyclic) bond motifs is 1. The molecule has 148 valence electrons. The van der Waals surface area contributed by atoms with Gasteiger partial charge < -0.3 is 14.2 Å². The zero-order valence-corrected chi connectivity index (χ0v) is 17.3. The average molecular weight is 391 g/mol. The number of halogens is 1. The van der Waals surface area contributed by atoms with Crippen LogP contribution < -0.4 is 0 Å². The highest BCUT2D eigenvalue weighted by Gasteiger charge is 2.27. The second-order valence-electron chi connectivity index (χ2n) is 7.48. The quantitative estimate of drug-likeness (QED) is 0.589. The lowest BCUT2D eigenvalue weighted by molar-refractivity contribution is 0.0729. The molecule has 0 saturated carbocycles. The Kier molecular flexibility index (Phi) is 8.39. The maximum absolute atomic E-state index is 12.7. The number of unbranched alkanes of at least 4 members (excludes halogenated alkanes) is 3. The number of amides is 1. The highest BCUT2D eigenvalue weighted by molar-refractivity contribution is 5.96. The molecule has 1 aliphatic rings. The third kappa shape index (κ3) is 6.12. The number of rotatable bonds is 9. The first-order chi connectivity index (χ1) is 12.6. The van der Waals surface area contributed by atoms with Crippen LogP contribution in [0, 0.1) is 0 Å². The molecule has 0 bridgehead atoms. The molecule has 1 aromatic heterocycles. The molecule has 5 heteroatoms. The van der Waals surface area contributed by atoms with Crippen LogP contribution in [0.1, 0.15) is 53.1 Å². The molecule has 0 radical (unpaired) electrons. The van der Waals surface area contributed by atoms with Crippen LogP contribution in [-0.2, 0) is 19.4 Å². The molecule has 0 aliphatic carbocycles. The summed E-state index contributed by atoms with van der Waals surface area (Å²) in [4.78, 5) is 16.7. The molecule has 0 saturated heterocycles. The van der Waals surface area contributed by atoms with Crippen molar-refractivity contribution in [2.24, 2.45) is 0 Å². The summed E-state index contributed by atoms with van der Waals surface area (Å²) in [5.41, 5.74) is 2.19. The van der Waals surface area contributed by atoms with Crippen molar-refractivity contribution >= 4 is 18.3 Å². The van der Waals surface area contributed by atoms with Gasteiger partial charge in [0.05, 0.1) is 12.1 Å². The Morgan fingerprint density at radius 3 is 2.56 bits per heavy atom. The van der Waals surface area contributed by atoms with Crippen LogP contribution in [0.25, 0.3) is 0 Å². The fourth-order valence-corrected chi connectivity index (χ4v) is 3.59. The van der Waals surface area contributed by atoms with Crippen molar-refractivity contribution in [2.45, 2.75) is 45.1 Å². The van der Waals surface area contributed by atoms with E-state index >= 15 is 0 Å². The minimum Gasteiger partial charge on any atom is -0.464 e. The third-order valence-corrected chi connectivity index (χ3v) is 4.94. The van der Waals surface area contributed by atoms with Gasteiger partial charge in [0, 0.05) is 19.5 Å². The lowest BCUT2D eigenvalue weighted by Crippen LogP contribution is -2.37. The minimum atomic E-state index is 0. The summed E-state index contributed by atoms with van der Waals surface area (Å²) in [6.07, 6.45) is 6.69. The number of hydrogen-bond donors (Lipinski definition) is 0. The molecule has 1 amide bonds. The molecular formula is C22H31ClN2O2. The fourth-order valence-electron chi connectivity index (χ4n) is 3.59. The van der Waals surface area contributed by atoms with Gasteiger partial charge in [-0.3, -0.25) is 4.79 Å².